The Hall–Kier alpha value is -0.660. The van der Waals surface area contributed by atoms with Crippen molar-refractivity contribution in [3.05, 3.63) is 40.9 Å². The molecular formula is C14H16Cl3NO4. The van der Waals surface area contributed by atoms with Gasteiger partial charge in [-0.05, 0) is 24.1 Å². The van der Waals surface area contributed by atoms with Gasteiger partial charge in [-0.15, -0.1) is 10.2 Å². The second-order valence-corrected chi connectivity index (χ2v) is 6.24. The Morgan fingerprint density at radius 3 is 2.00 bits per heavy atom. The molecule has 0 atom stereocenters. The Balaban J connectivity index is 0.000000422. The van der Waals surface area contributed by atoms with Crippen LogP contribution < -0.4 is 18.6 Å². The molecule has 5 nitrogen and oxygen atoms in total. The zero-order chi connectivity index (χ0) is 16.6. The van der Waals surface area contributed by atoms with Crippen LogP contribution in [0.25, 0.3) is 5.03 Å². The van der Waals surface area contributed by atoms with Crippen LogP contribution >= 0.6 is 23.2 Å². The van der Waals surface area contributed by atoms with Crippen molar-refractivity contribution in [3.63, 3.8) is 0 Å². The Morgan fingerprint density at radius 1 is 1.00 bits per heavy atom. The minimum absolute atomic E-state index is 0.734. The number of rotatable bonds is 2. The van der Waals surface area contributed by atoms with Crippen molar-refractivity contribution in [1.29, 1.82) is 0 Å². The Morgan fingerprint density at radius 2 is 1.50 bits per heavy atom. The van der Waals surface area contributed by atoms with E-state index in [0.29, 0.717) is 0 Å². The first-order chi connectivity index (χ1) is 10.3. The van der Waals surface area contributed by atoms with Crippen molar-refractivity contribution in [2.75, 3.05) is 13.1 Å². The highest BCUT2D eigenvalue weighted by atomic mass is 35.7. The monoisotopic (exact) mass is 367 g/mol. The van der Waals surface area contributed by atoms with Gasteiger partial charge in [0.2, 0.25) is 0 Å². The van der Waals surface area contributed by atoms with Crippen LogP contribution in [0.2, 0.25) is 5.02 Å². The van der Waals surface area contributed by atoms with Gasteiger partial charge >= 0.3 is 0 Å². The first-order valence-electron chi connectivity index (χ1n) is 6.58. The van der Waals surface area contributed by atoms with Crippen molar-refractivity contribution in [2.45, 2.75) is 19.3 Å². The maximum atomic E-state index is 8.49. The van der Waals surface area contributed by atoms with Gasteiger partial charge in [0.05, 0.1) is 5.03 Å². The molecule has 1 saturated heterocycles. The zero-order valence-corrected chi connectivity index (χ0v) is 14.0. The van der Waals surface area contributed by atoms with E-state index >= 15 is 0 Å². The third-order valence-corrected chi connectivity index (χ3v) is 3.54. The highest BCUT2D eigenvalue weighted by Crippen LogP contribution is 2.20. The van der Waals surface area contributed by atoms with Crippen molar-refractivity contribution in [2.24, 2.45) is 0 Å². The summed E-state index contributed by atoms with van der Waals surface area (Å²) in [6.45, 7) is 2.28. The van der Waals surface area contributed by atoms with Crippen LogP contribution in [-0.4, -0.2) is 23.9 Å². The standard InChI is InChI=1S/C14H16Cl2N.ClHO4/c15-13-6-4-12(5-7-13)14(16)8-11-17-9-2-1-3-10-17;2-1(3,4)5/h4-8,11H,1-3,9-10H2;(H,2,3,4,5)/q+1;/p-1. The lowest BCUT2D eigenvalue weighted by molar-refractivity contribution is -2.00. The Labute approximate surface area is 141 Å². The smallest absolute Gasteiger partial charge is 0.164 e. The van der Waals surface area contributed by atoms with Crippen LogP contribution in [0.3, 0.4) is 0 Å². The predicted molar refractivity (Wildman–Crippen MR) is 75.2 cm³/mol. The molecule has 2 rings (SSSR count). The molecule has 1 heterocycles. The first kappa shape index (κ1) is 19.4. The lowest BCUT2D eigenvalue weighted by Crippen LogP contribution is -2.68. The van der Waals surface area contributed by atoms with Crippen molar-refractivity contribution in [3.8, 4) is 0 Å². The second kappa shape index (κ2) is 9.47. The molecule has 0 radical (unpaired) electrons. The molecule has 0 spiro atoms. The number of nitrogens with zero attached hydrogens (tertiary/aromatic N) is 1. The lowest BCUT2D eigenvalue weighted by Gasteiger charge is -2.17. The molecule has 0 unspecified atom stereocenters. The summed E-state index contributed by atoms with van der Waals surface area (Å²) in [5.41, 5.74) is 1.00. The number of piperidine rings is 1. The molecule has 1 aromatic carbocycles. The molecule has 8 heteroatoms. The quantitative estimate of drug-likeness (QED) is 0.653. The number of hydrogen-bond donors (Lipinski definition) is 0. The molecule has 0 aromatic heterocycles. The largest absolute Gasteiger partial charge is 0.236 e. The van der Waals surface area contributed by atoms with E-state index < -0.39 is 10.2 Å². The van der Waals surface area contributed by atoms with Crippen molar-refractivity contribution < 1.29 is 33.5 Å². The minimum atomic E-state index is -4.94. The fraction of sp³-hybridized carbons (Fsp3) is 0.357. The van der Waals surface area contributed by atoms with Crippen LogP contribution in [-0.2, 0) is 0 Å². The van der Waals surface area contributed by atoms with Gasteiger partial charge in [-0.3, -0.25) is 0 Å². The number of hydrogen-bond acceptors (Lipinski definition) is 4. The number of benzene rings is 1. The van der Waals surface area contributed by atoms with E-state index in [1.807, 2.05) is 30.3 Å². The van der Waals surface area contributed by atoms with Crippen LogP contribution in [0.4, 0.5) is 0 Å². The summed E-state index contributed by atoms with van der Waals surface area (Å²) >= 11 is 12.1. The van der Waals surface area contributed by atoms with Gasteiger partial charge in [0, 0.05) is 23.9 Å². The topological polar surface area (TPSA) is 95.2 Å². The minimum Gasteiger partial charge on any atom is -0.236 e. The number of halogens is 3. The van der Waals surface area contributed by atoms with E-state index in [1.54, 1.807) is 0 Å². The Kier molecular flexibility index (Phi) is 8.35. The van der Waals surface area contributed by atoms with Gasteiger partial charge in [-0.25, -0.2) is 23.2 Å². The fourth-order valence-corrected chi connectivity index (χ4v) is 2.25. The SMILES string of the molecule is ClC(=CC=[N+]1CCCCC1)c1ccc(Cl)cc1.[O-][Cl+3]([O-])([O-])[O-]. The van der Waals surface area contributed by atoms with Crippen LogP contribution in [0.15, 0.2) is 30.3 Å². The van der Waals surface area contributed by atoms with E-state index in [9.17, 15) is 0 Å². The summed E-state index contributed by atoms with van der Waals surface area (Å²) in [6, 6.07) is 7.58. The second-order valence-electron chi connectivity index (χ2n) is 4.65. The molecule has 0 aliphatic carbocycles. The van der Waals surface area contributed by atoms with E-state index in [2.05, 4.69) is 10.8 Å². The van der Waals surface area contributed by atoms with Crippen LogP contribution in [0, 0.1) is 10.2 Å². The lowest BCUT2D eigenvalue weighted by atomic mass is 10.1. The average molecular weight is 369 g/mol. The summed E-state index contributed by atoms with van der Waals surface area (Å²) < 4.78 is 36.3. The van der Waals surface area contributed by atoms with Gasteiger partial charge in [0.1, 0.15) is 13.1 Å². The van der Waals surface area contributed by atoms with Gasteiger partial charge < -0.3 is 0 Å². The van der Waals surface area contributed by atoms with Crippen molar-refractivity contribution >= 4 is 34.4 Å². The fourth-order valence-electron chi connectivity index (χ4n) is 1.94. The molecule has 1 aliphatic rings. The van der Waals surface area contributed by atoms with E-state index in [4.69, 9.17) is 41.8 Å². The first-order valence-corrected chi connectivity index (χ1v) is 8.57. The third kappa shape index (κ3) is 9.38. The molecule has 1 aromatic rings. The number of allylic oxidation sites excluding steroid dienone is 1. The highest BCUT2D eigenvalue weighted by molar-refractivity contribution is 6.49. The summed E-state index contributed by atoms with van der Waals surface area (Å²) in [5, 5.41) is 1.49. The molecule has 122 valence electrons. The molecule has 0 amide bonds. The summed E-state index contributed by atoms with van der Waals surface area (Å²) in [5.74, 6) is 0. The summed E-state index contributed by atoms with van der Waals surface area (Å²) in [6.07, 6.45) is 7.97. The summed E-state index contributed by atoms with van der Waals surface area (Å²) in [7, 11) is -4.94. The van der Waals surface area contributed by atoms with Gasteiger partial charge in [-0.2, -0.15) is 0 Å². The third-order valence-electron chi connectivity index (χ3n) is 2.94. The van der Waals surface area contributed by atoms with Gasteiger partial charge in [0.25, 0.3) is 0 Å². The summed E-state index contributed by atoms with van der Waals surface area (Å²) in [4.78, 5) is 0. The normalized spacial score (nSPS) is 15.9. The maximum Gasteiger partial charge on any atom is 0.164 e. The molecule has 1 fully saturated rings. The molecule has 0 saturated carbocycles. The van der Waals surface area contributed by atoms with Gasteiger partial charge in [0.15, 0.2) is 6.21 Å². The van der Waals surface area contributed by atoms with Gasteiger partial charge in [-0.1, -0.05) is 35.3 Å². The molecular weight excluding hydrogens is 353 g/mol. The Bertz CT molecular complexity index is 510. The molecule has 22 heavy (non-hydrogen) atoms. The maximum absolute atomic E-state index is 8.49. The predicted octanol–water partition coefficient (Wildman–Crippen LogP) is -0.569. The molecule has 1 aliphatic heterocycles. The molecule has 0 bridgehead atoms. The van der Waals surface area contributed by atoms with Crippen molar-refractivity contribution in [1.82, 2.24) is 0 Å². The van der Waals surface area contributed by atoms with E-state index in [-0.39, 0.29) is 0 Å². The van der Waals surface area contributed by atoms with E-state index in [1.165, 1.54) is 19.3 Å². The van der Waals surface area contributed by atoms with Crippen LogP contribution in [0.5, 0.6) is 0 Å². The average Bonchev–Trinajstić information content (AvgIpc) is 2.45. The zero-order valence-electron chi connectivity index (χ0n) is 11.7. The highest BCUT2D eigenvalue weighted by Gasteiger charge is 2.09. The molecule has 0 N–H and O–H groups in total. The van der Waals surface area contributed by atoms with Crippen LogP contribution in [0.1, 0.15) is 24.8 Å². The van der Waals surface area contributed by atoms with E-state index in [0.717, 1.165) is 28.7 Å².